The molecule has 3 nitrogen and oxygen atoms in total. The summed E-state index contributed by atoms with van der Waals surface area (Å²) < 4.78 is 4.97. The maximum atomic E-state index is 11.5. The van der Waals surface area contributed by atoms with E-state index in [4.69, 9.17) is 4.74 Å². The molecule has 94 valence electrons. The third-order valence-corrected chi connectivity index (χ3v) is 3.65. The summed E-state index contributed by atoms with van der Waals surface area (Å²) in [5.41, 5.74) is 0.194. The van der Waals surface area contributed by atoms with Crippen molar-refractivity contribution in [2.75, 3.05) is 6.61 Å². The number of amides is 1. The van der Waals surface area contributed by atoms with Crippen LogP contribution in [-0.4, -0.2) is 17.6 Å². The number of hydrogen-bond donors (Lipinski definition) is 0. The quantitative estimate of drug-likeness (QED) is 0.691. The number of carbonyl (C=O) groups is 1. The van der Waals surface area contributed by atoms with Gasteiger partial charge in [-0.2, -0.15) is 0 Å². The molecule has 1 fully saturated rings. The fourth-order valence-corrected chi connectivity index (χ4v) is 2.60. The lowest BCUT2D eigenvalue weighted by atomic mass is 9.79. The number of allylic oxidation sites excluding steroid dienone is 2. The molecule has 1 aliphatic heterocycles. The Morgan fingerprint density at radius 1 is 1.18 bits per heavy atom. The minimum Gasteiger partial charge on any atom is -0.449 e. The Labute approximate surface area is 103 Å². The van der Waals surface area contributed by atoms with E-state index in [9.17, 15) is 4.79 Å². The smallest absolute Gasteiger partial charge is 0.417 e. The molecule has 1 saturated carbocycles. The highest BCUT2D eigenvalue weighted by Crippen LogP contribution is 2.39. The molecule has 0 aromatic carbocycles. The first kappa shape index (κ1) is 12.2. The normalized spacial score (nSPS) is 22.5. The summed E-state index contributed by atoms with van der Waals surface area (Å²) in [5.74, 6) is 0. The van der Waals surface area contributed by atoms with Crippen molar-refractivity contribution in [3.8, 4) is 0 Å². The molecule has 0 aromatic rings. The molecule has 0 unspecified atom stereocenters. The van der Waals surface area contributed by atoms with Crippen LogP contribution in [0.3, 0.4) is 0 Å². The Morgan fingerprint density at radius 2 is 1.76 bits per heavy atom. The second-order valence-corrected chi connectivity index (χ2v) is 4.89. The number of nitrogens with zero attached hydrogens (tertiary/aromatic N) is 1. The molecule has 1 heterocycles. The number of ether oxygens (including phenoxy) is 1. The molecule has 0 aromatic heterocycles. The molecule has 0 atom stereocenters. The van der Waals surface area contributed by atoms with Crippen molar-refractivity contribution in [2.45, 2.75) is 45.4 Å². The van der Waals surface area contributed by atoms with Gasteiger partial charge in [-0.25, -0.2) is 4.79 Å². The summed E-state index contributed by atoms with van der Waals surface area (Å²) in [5, 5.41) is 0. The molecule has 3 heteroatoms. The van der Waals surface area contributed by atoms with Gasteiger partial charge in [0, 0.05) is 17.8 Å². The molecule has 0 N–H and O–H groups in total. The predicted molar refractivity (Wildman–Crippen MR) is 67.3 cm³/mol. The molecule has 0 bridgehead atoms. The summed E-state index contributed by atoms with van der Waals surface area (Å²) in [7, 11) is 0. The van der Waals surface area contributed by atoms with Crippen LogP contribution in [0.25, 0.3) is 0 Å². The standard InChI is InChI=1S/C14H21NO2/c1-2-17-13(16)15-11-9-14(10-12-15)7-5-3-4-6-8-14/h9-12H,2-8H2,1H3. The van der Waals surface area contributed by atoms with E-state index in [1.807, 2.05) is 19.3 Å². The molecule has 0 radical (unpaired) electrons. The van der Waals surface area contributed by atoms with Crippen LogP contribution in [0.15, 0.2) is 24.6 Å². The molecule has 1 aliphatic carbocycles. The van der Waals surface area contributed by atoms with Crippen molar-refractivity contribution in [3.05, 3.63) is 24.6 Å². The highest BCUT2D eigenvalue weighted by atomic mass is 16.5. The first-order valence-corrected chi connectivity index (χ1v) is 6.60. The number of hydrogen-bond acceptors (Lipinski definition) is 2. The Morgan fingerprint density at radius 3 is 2.29 bits per heavy atom. The van der Waals surface area contributed by atoms with E-state index >= 15 is 0 Å². The third kappa shape index (κ3) is 2.90. The van der Waals surface area contributed by atoms with E-state index in [0.717, 1.165) is 0 Å². The summed E-state index contributed by atoms with van der Waals surface area (Å²) in [6, 6.07) is 0. The van der Waals surface area contributed by atoms with Crippen molar-refractivity contribution >= 4 is 6.09 Å². The molecular formula is C14H21NO2. The zero-order valence-corrected chi connectivity index (χ0v) is 10.5. The second-order valence-electron chi connectivity index (χ2n) is 4.89. The van der Waals surface area contributed by atoms with Gasteiger partial charge in [0.25, 0.3) is 0 Å². The van der Waals surface area contributed by atoms with E-state index < -0.39 is 0 Å². The van der Waals surface area contributed by atoms with Gasteiger partial charge in [0.1, 0.15) is 0 Å². The largest absolute Gasteiger partial charge is 0.449 e. The molecule has 2 aliphatic rings. The monoisotopic (exact) mass is 235 g/mol. The highest BCUT2D eigenvalue weighted by Gasteiger charge is 2.28. The van der Waals surface area contributed by atoms with Crippen molar-refractivity contribution in [3.63, 3.8) is 0 Å². The van der Waals surface area contributed by atoms with E-state index in [2.05, 4.69) is 12.2 Å². The SMILES string of the molecule is CCOC(=O)N1C=CC2(C=C1)CCCCCC2. The lowest BCUT2D eigenvalue weighted by Crippen LogP contribution is -2.27. The second kappa shape index (κ2) is 5.39. The van der Waals surface area contributed by atoms with Gasteiger partial charge in [0.2, 0.25) is 0 Å². The van der Waals surface area contributed by atoms with Crippen molar-refractivity contribution in [1.29, 1.82) is 0 Å². The zero-order valence-electron chi connectivity index (χ0n) is 10.5. The van der Waals surface area contributed by atoms with Gasteiger partial charge in [-0.1, -0.05) is 37.8 Å². The summed E-state index contributed by atoms with van der Waals surface area (Å²) in [6.45, 7) is 2.24. The van der Waals surface area contributed by atoms with E-state index in [1.165, 1.54) is 43.4 Å². The van der Waals surface area contributed by atoms with Gasteiger partial charge >= 0.3 is 6.09 Å². The van der Waals surface area contributed by atoms with E-state index in [1.54, 1.807) is 0 Å². The van der Waals surface area contributed by atoms with Crippen molar-refractivity contribution in [2.24, 2.45) is 5.41 Å². The molecule has 2 rings (SSSR count). The van der Waals surface area contributed by atoms with Crippen LogP contribution >= 0.6 is 0 Å². The lowest BCUT2D eigenvalue weighted by molar-refractivity contribution is 0.132. The van der Waals surface area contributed by atoms with Gasteiger partial charge < -0.3 is 4.74 Å². The number of carbonyl (C=O) groups excluding carboxylic acids is 1. The van der Waals surface area contributed by atoms with E-state index in [0.29, 0.717) is 6.61 Å². The maximum Gasteiger partial charge on any atom is 0.417 e. The third-order valence-electron chi connectivity index (χ3n) is 3.65. The predicted octanol–water partition coefficient (Wildman–Crippen LogP) is 3.83. The summed E-state index contributed by atoms with van der Waals surface area (Å²) in [4.78, 5) is 13.1. The Bertz CT molecular complexity index is 309. The van der Waals surface area contributed by atoms with Gasteiger partial charge in [-0.05, 0) is 19.8 Å². The summed E-state index contributed by atoms with van der Waals surface area (Å²) in [6.07, 6.45) is 15.5. The van der Waals surface area contributed by atoms with Crippen LogP contribution in [0.1, 0.15) is 45.4 Å². The Kier molecular flexibility index (Phi) is 3.87. The van der Waals surface area contributed by atoms with Crippen molar-refractivity contribution in [1.82, 2.24) is 4.90 Å². The molecule has 1 spiro atoms. The molecule has 0 saturated heterocycles. The van der Waals surface area contributed by atoms with Crippen LogP contribution in [0.4, 0.5) is 4.79 Å². The molecule has 17 heavy (non-hydrogen) atoms. The minimum absolute atomic E-state index is 0.194. The first-order valence-electron chi connectivity index (χ1n) is 6.60. The fraction of sp³-hybridized carbons (Fsp3) is 0.643. The van der Waals surface area contributed by atoms with Crippen LogP contribution in [0.2, 0.25) is 0 Å². The summed E-state index contributed by atoms with van der Waals surface area (Å²) >= 11 is 0. The van der Waals surface area contributed by atoms with Gasteiger partial charge in [-0.15, -0.1) is 0 Å². The highest BCUT2D eigenvalue weighted by molar-refractivity contribution is 5.70. The lowest BCUT2D eigenvalue weighted by Gasteiger charge is -2.30. The Balaban J connectivity index is 2.00. The fourth-order valence-electron chi connectivity index (χ4n) is 2.60. The Hall–Kier alpha value is -1.25. The van der Waals surface area contributed by atoms with E-state index in [-0.39, 0.29) is 11.5 Å². The zero-order chi connectivity index (χ0) is 12.1. The molecular weight excluding hydrogens is 214 g/mol. The van der Waals surface area contributed by atoms with Crippen LogP contribution in [-0.2, 0) is 4.74 Å². The van der Waals surface area contributed by atoms with Gasteiger partial charge in [-0.3, -0.25) is 4.90 Å². The van der Waals surface area contributed by atoms with Gasteiger partial charge in [0.15, 0.2) is 0 Å². The maximum absolute atomic E-state index is 11.5. The number of rotatable bonds is 1. The average molecular weight is 235 g/mol. The van der Waals surface area contributed by atoms with Gasteiger partial charge in [0.05, 0.1) is 6.61 Å². The first-order chi connectivity index (χ1) is 8.26. The van der Waals surface area contributed by atoms with Crippen LogP contribution in [0, 0.1) is 5.41 Å². The topological polar surface area (TPSA) is 29.5 Å². The van der Waals surface area contributed by atoms with Crippen LogP contribution in [0.5, 0.6) is 0 Å². The minimum atomic E-state index is -0.288. The van der Waals surface area contributed by atoms with Crippen molar-refractivity contribution < 1.29 is 9.53 Å². The van der Waals surface area contributed by atoms with Crippen LogP contribution < -0.4 is 0 Å². The molecule has 1 amide bonds. The average Bonchev–Trinajstić information content (AvgIpc) is 2.56.